The van der Waals surface area contributed by atoms with E-state index in [1.54, 1.807) is 7.11 Å². The summed E-state index contributed by atoms with van der Waals surface area (Å²) in [7, 11) is 1.63. The van der Waals surface area contributed by atoms with E-state index < -0.39 is 11.4 Å². The van der Waals surface area contributed by atoms with E-state index in [9.17, 15) is 8.78 Å². The summed E-state index contributed by atoms with van der Waals surface area (Å²) in [5.41, 5.74) is -0.0766. The van der Waals surface area contributed by atoms with E-state index in [4.69, 9.17) is 4.74 Å². The second kappa shape index (κ2) is 6.96. The molecule has 4 heteroatoms. The minimum Gasteiger partial charge on any atom is -0.377 e. The van der Waals surface area contributed by atoms with Crippen molar-refractivity contribution < 1.29 is 13.5 Å². The second-order valence-corrected chi connectivity index (χ2v) is 5.25. The van der Waals surface area contributed by atoms with Gasteiger partial charge in [-0.3, -0.25) is 0 Å². The molecule has 0 spiro atoms. The van der Waals surface area contributed by atoms with Gasteiger partial charge in [-0.25, -0.2) is 8.78 Å². The zero-order chi connectivity index (χ0) is 14.5. The number of rotatable bonds is 7. The number of benzene rings is 1. The van der Waals surface area contributed by atoms with Gasteiger partial charge in [-0.15, -0.1) is 0 Å². The first-order chi connectivity index (χ1) is 8.90. The van der Waals surface area contributed by atoms with Gasteiger partial charge in [0.05, 0.1) is 5.60 Å². The summed E-state index contributed by atoms with van der Waals surface area (Å²) in [5.74, 6) is -0.794. The lowest BCUT2D eigenvalue weighted by Crippen LogP contribution is -2.49. The molecule has 1 unspecified atom stereocenters. The monoisotopic (exact) mass is 271 g/mol. The van der Waals surface area contributed by atoms with Crippen molar-refractivity contribution in [3.63, 3.8) is 0 Å². The van der Waals surface area contributed by atoms with Crippen molar-refractivity contribution in [2.24, 2.45) is 0 Å². The first kappa shape index (κ1) is 16.1. The maximum atomic E-state index is 13.7. The number of methoxy groups -OCH3 is 1. The van der Waals surface area contributed by atoms with Gasteiger partial charge in [0.2, 0.25) is 0 Å². The fourth-order valence-electron chi connectivity index (χ4n) is 1.94. The first-order valence-electron chi connectivity index (χ1n) is 6.63. The molecule has 0 heterocycles. The quantitative estimate of drug-likeness (QED) is 0.821. The molecule has 0 radical (unpaired) electrons. The van der Waals surface area contributed by atoms with Gasteiger partial charge < -0.3 is 10.1 Å². The molecule has 0 saturated carbocycles. The Balaban J connectivity index is 2.90. The van der Waals surface area contributed by atoms with Gasteiger partial charge in [-0.2, -0.15) is 0 Å². The lowest BCUT2D eigenvalue weighted by molar-refractivity contribution is -0.0102. The molecule has 0 aliphatic carbocycles. The van der Waals surface area contributed by atoms with E-state index >= 15 is 0 Å². The molecule has 2 nitrogen and oxygen atoms in total. The van der Waals surface area contributed by atoms with E-state index in [1.165, 1.54) is 12.1 Å². The molecule has 0 saturated heterocycles. The lowest BCUT2D eigenvalue weighted by Gasteiger charge is -2.34. The molecule has 0 amide bonds. The molecular weight excluding hydrogens is 248 g/mol. The Morgan fingerprint density at radius 2 is 2.00 bits per heavy atom. The standard InChI is InChI=1S/C15H23F2NO/c1-5-8-18-14(15(2,3)19-4)10-11-9-12(16)6-7-13(11)17/h6-7,9,14,18H,5,8,10H2,1-4H3. The summed E-state index contributed by atoms with van der Waals surface area (Å²) < 4.78 is 32.4. The molecule has 1 atom stereocenters. The molecule has 108 valence electrons. The molecule has 1 aromatic carbocycles. The molecule has 1 aromatic rings. The fourth-order valence-corrected chi connectivity index (χ4v) is 1.94. The molecular formula is C15H23F2NO. The Kier molecular flexibility index (Phi) is 5.88. The predicted octanol–water partition coefficient (Wildman–Crippen LogP) is 3.30. The van der Waals surface area contributed by atoms with Gasteiger partial charge in [0.15, 0.2) is 0 Å². The third-order valence-electron chi connectivity index (χ3n) is 3.44. The highest BCUT2D eigenvalue weighted by atomic mass is 19.1. The summed E-state index contributed by atoms with van der Waals surface area (Å²) in [5, 5.41) is 3.34. The van der Waals surface area contributed by atoms with Crippen LogP contribution in [0.4, 0.5) is 8.78 Å². The van der Waals surface area contributed by atoms with Crippen LogP contribution in [0.1, 0.15) is 32.8 Å². The van der Waals surface area contributed by atoms with Gasteiger partial charge in [0, 0.05) is 13.2 Å². The Hall–Kier alpha value is -1.00. The summed E-state index contributed by atoms with van der Waals surface area (Å²) in [6.45, 7) is 6.76. The second-order valence-electron chi connectivity index (χ2n) is 5.25. The van der Waals surface area contributed by atoms with Crippen LogP contribution in [0.25, 0.3) is 0 Å². The van der Waals surface area contributed by atoms with Gasteiger partial charge in [0.1, 0.15) is 11.6 Å². The van der Waals surface area contributed by atoms with Gasteiger partial charge in [-0.05, 0) is 57.0 Å². The van der Waals surface area contributed by atoms with E-state index in [-0.39, 0.29) is 11.9 Å². The van der Waals surface area contributed by atoms with Gasteiger partial charge >= 0.3 is 0 Å². The van der Waals surface area contributed by atoms with Crippen LogP contribution in [0.5, 0.6) is 0 Å². The minimum absolute atomic E-state index is 0.0752. The zero-order valence-electron chi connectivity index (χ0n) is 12.1. The van der Waals surface area contributed by atoms with Crippen molar-refractivity contribution in [2.45, 2.75) is 45.3 Å². The Bertz CT molecular complexity index is 407. The molecule has 0 aliphatic heterocycles. The van der Waals surface area contributed by atoms with Crippen molar-refractivity contribution >= 4 is 0 Å². The molecule has 0 bridgehead atoms. The highest BCUT2D eigenvalue weighted by Crippen LogP contribution is 2.20. The molecule has 1 rings (SSSR count). The topological polar surface area (TPSA) is 21.3 Å². The normalized spacial score (nSPS) is 13.6. The SMILES string of the molecule is CCCNC(Cc1cc(F)ccc1F)C(C)(C)OC. The van der Waals surface area contributed by atoms with Crippen LogP contribution in [-0.2, 0) is 11.2 Å². The van der Waals surface area contributed by atoms with Crippen LogP contribution in [0.2, 0.25) is 0 Å². The highest BCUT2D eigenvalue weighted by molar-refractivity contribution is 5.20. The van der Waals surface area contributed by atoms with Crippen LogP contribution in [0, 0.1) is 11.6 Å². The average molecular weight is 271 g/mol. The Morgan fingerprint density at radius 3 is 2.58 bits per heavy atom. The predicted molar refractivity (Wildman–Crippen MR) is 73.2 cm³/mol. The van der Waals surface area contributed by atoms with Gasteiger partial charge in [-0.1, -0.05) is 6.92 Å². The van der Waals surface area contributed by atoms with Crippen LogP contribution in [0.3, 0.4) is 0 Å². The summed E-state index contributed by atoms with van der Waals surface area (Å²) in [6, 6.07) is 3.48. The van der Waals surface area contributed by atoms with Crippen LogP contribution >= 0.6 is 0 Å². The maximum absolute atomic E-state index is 13.7. The maximum Gasteiger partial charge on any atom is 0.126 e. The van der Waals surface area contributed by atoms with Crippen molar-refractivity contribution in [3.8, 4) is 0 Å². The molecule has 0 aromatic heterocycles. The minimum atomic E-state index is -0.450. The van der Waals surface area contributed by atoms with E-state index in [1.807, 2.05) is 13.8 Å². The van der Waals surface area contributed by atoms with E-state index in [2.05, 4.69) is 12.2 Å². The number of hydrogen-bond donors (Lipinski definition) is 1. The average Bonchev–Trinajstić information content (AvgIpc) is 2.38. The molecule has 0 aliphatic rings. The van der Waals surface area contributed by atoms with Crippen molar-refractivity contribution in [1.82, 2.24) is 5.32 Å². The molecule has 1 N–H and O–H groups in total. The first-order valence-corrected chi connectivity index (χ1v) is 6.63. The highest BCUT2D eigenvalue weighted by Gasteiger charge is 2.29. The van der Waals surface area contributed by atoms with Gasteiger partial charge in [0.25, 0.3) is 0 Å². The Labute approximate surface area is 114 Å². The van der Waals surface area contributed by atoms with Crippen molar-refractivity contribution in [1.29, 1.82) is 0 Å². The van der Waals surface area contributed by atoms with Crippen LogP contribution in [0.15, 0.2) is 18.2 Å². The smallest absolute Gasteiger partial charge is 0.126 e. The Morgan fingerprint density at radius 1 is 1.32 bits per heavy atom. The van der Waals surface area contributed by atoms with E-state index in [0.717, 1.165) is 19.0 Å². The fraction of sp³-hybridized carbons (Fsp3) is 0.600. The number of ether oxygens (including phenoxy) is 1. The van der Waals surface area contributed by atoms with Crippen LogP contribution < -0.4 is 5.32 Å². The number of halogens is 2. The summed E-state index contributed by atoms with van der Waals surface area (Å²) in [4.78, 5) is 0. The third kappa shape index (κ3) is 4.55. The third-order valence-corrected chi connectivity index (χ3v) is 3.44. The number of hydrogen-bond acceptors (Lipinski definition) is 2. The summed E-state index contributed by atoms with van der Waals surface area (Å²) in [6.07, 6.45) is 1.37. The number of nitrogens with one attached hydrogen (secondary N) is 1. The van der Waals surface area contributed by atoms with Crippen molar-refractivity contribution in [3.05, 3.63) is 35.4 Å². The molecule has 19 heavy (non-hydrogen) atoms. The van der Waals surface area contributed by atoms with E-state index in [0.29, 0.717) is 12.0 Å². The van der Waals surface area contributed by atoms with Crippen molar-refractivity contribution in [2.75, 3.05) is 13.7 Å². The largest absolute Gasteiger partial charge is 0.377 e. The van der Waals surface area contributed by atoms with Crippen LogP contribution in [-0.4, -0.2) is 25.3 Å². The zero-order valence-corrected chi connectivity index (χ0v) is 12.1. The molecule has 0 fully saturated rings. The summed E-state index contributed by atoms with van der Waals surface area (Å²) >= 11 is 0. The lowest BCUT2D eigenvalue weighted by atomic mass is 9.91.